The molecule has 0 aliphatic carbocycles. The van der Waals surface area contributed by atoms with Crippen molar-refractivity contribution >= 4 is 12.1 Å². The van der Waals surface area contributed by atoms with Crippen molar-refractivity contribution in [2.45, 2.75) is 44.9 Å². The van der Waals surface area contributed by atoms with Gasteiger partial charge in [-0.15, -0.1) is 0 Å². The van der Waals surface area contributed by atoms with Gasteiger partial charge in [-0.2, -0.15) is 0 Å². The second kappa shape index (κ2) is 6.38. The van der Waals surface area contributed by atoms with Crippen LogP contribution in [0.3, 0.4) is 0 Å². The highest BCUT2D eigenvalue weighted by Crippen LogP contribution is 2.36. The highest BCUT2D eigenvalue weighted by molar-refractivity contribution is 5.78. The van der Waals surface area contributed by atoms with Crippen LogP contribution < -0.4 is 0 Å². The van der Waals surface area contributed by atoms with E-state index in [4.69, 9.17) is 9.47 Å². The van der Waals surface area contributed by atoms with Gasteiger partial charge in [0.25, 0.3) is 0 Å². The van der Waals surface area contributed by atoms with Crippen LogP contribution in [0.2, 0.25) is 0 Å². The van der Waals surface area contributed by atoms with E-state index in [1.807, 2.05) is 37.3 Å². The number of esters is 1. The van der Waals surface area contributed by atoms with Crippen LogP contribution in [-0.4, -0.2) is 35.7 Å². The number of hydrogen-bond donors (Lipinski definition) is 0. The third-order valence-corrected chi connectivity index (χ3v) is 4.42. The van der Waals surface area contributed by atoms with Crippen molar-refractivity contribution in [1.82, 2.24) is 4.90 Å². The molecule has 2 aliphatic rings. The van der Waals surface area contributed by atoms with Crippen molar-refractivity contribution in [1.29, 1.82) is 0 Å². The Morgan fingerprint density at radius 3 is 2.86 bits per heavy atom. The maximum absolute atomic E-state index is 12.4. The van der Waals surface area contributed by atoms with Gasteiger partial charge in [0.1, 0.15) is 12.7 Å². The summed E-state index contributed by atoms with van der Waals surface area (Å²) in [6, 6.07) is 9.43. The van der Waals surface area contributed by atoms with E-state index in [-0.39, 0.29) is 36.7 Å². The van der Waals surface area contributed by atoms with Gasteiger partial charge in [-0.25, -0.2) is 4.79 Å². The number of fused-ring (bicyclic) bond motifs is 1. The van der Waals surface area contributed by atoms with Crippen LogP contribution >= 0.6 is 0 Å². The minimum absolute atomic E-state index is 0.157. The summed E-state index contributed by atoms with van der Waals surface area (Å²) in [5.74, 6) is -0.376. The van der Waals surface area contributed by atoms with Crippen molar-refractivity contribution in [2.24, 2.45) is 5.92 Å². The highest BCUT2D eigenvalue weighted by Gasteiger charge is 2.52. The van der Waals surface area contributed by atoms with Gasteiger partial charge < -0.3 is 14.4 Å². The van der Waals surface area contributed by atoms with Crippen LogP contribution in [0.15, 0.2) is 30.3 Å². The van der Waals surface area contributed by atoms with Crippen molar-refractivity contribution in [3.05, 3.63) is 35.9 Å². The van der Waals surface area contributed by atoms with Crippen molar-refractivity contribution in [3.8, 4) is 0 Å². The van der Waals surface area contributed by atoms with Gasteiger partial charge in [0.2, 0.25) is 0 Å². The Bertz CT molecular complexity index is 545. The first-order chi connectivity index (χ1) is 10.7. The maximum atomic E-state index is 12.4. The lowest BCUT2D eigenvalue weighted by Crippen LogP contribution is -2.42. The first-order valence-corrected chi connectivity index (χ1v) is 7.88. The summed E-state index contributed by atoms with van der Waals surface area (Å²) in [5.41, 5.74) is 0.954. The van der Waals surface area contributed by atoms with E-state index in [1.54, 1.807) is 4.90 Å². The number of carbonyl (C=O) groups excluding carboxylic acids is 2. The lowest BCUT2D eigenvalue weighted by Gasteiger charge is -2.25. The summed E-state index contributed by atoms with van der Waals surface area (Å²) >= 11 is 0. The molecule has 3 atom stereocenters. The normalized spacial score (nSPS) is 26.7. The second-order valence-corrected chi connectivity index (χ2v) is 5.88. The van der Waals surface area contributed by atoms with Crippen LogP contribution in [0.1, 0.15) is 31.7 Å². The molecule has 3 rings (SSSR count). The molecular formula is C17H21NO4. The number of hydrogen-bond acceptors (Lipinski definition) is 4. The van der Waals surface area contributed by atoms with Crippen molar-refractivity contribution < 1.29 is 19.1 Å². The molecule has 0 N–H and O–H groups in total. The summed E-state index contributed by atoms with van der Waals surface area (Å²) in [4.78, 5) is 26.0. The molecule has 1 aromatic rings. The molecule has 1 amide bonds. The molecule has 0 bridgehead atoms. The Balaban J connectivity index is 1.64. The molecule has 2 fully saturated rings. The first-order valence-electron chi connectivity index (χ1n) is 7.88. The SMILES string of the molecule is CCC[C@H]1C(=O)O[C@H]2CCN(C(=O)OCc3ccccc3)[C@@H]21. The summed E-state index contributed by atoms with van der Waals surface area (Å²) in [7, 11) is 0. The van der Waals surface area contributed by atoms with E-state index < -0.39 is 0 Å². The molecule has 5 heteroatoms. The van der Waals surface area contributed by atoms with Crippen LogP contribution in [0.5, 0.6) is 0 Å². The van der Waals surface area contributed by atoms with Gasteiger partial charge in [-0.05, 0) is 12.0 Å². The monoisotopic (exact) mass is 303 g/mol. The van der Waals surface area contributed by atoms with Gasteiger partial charge in [-0.3, -0.25) is 4.79 Å². The van der Waals surface area contributed by atoms with Gasteiger partial charge in [0, 0.05) is 13.0 Å². The molecule has 22 heavy (non-hydrogen) atoms. The summed E-state index contributed by atoms with van der Waals surface area (Å²) in [6.45, 7) is 2.88. The average Bonchev–Trinajstić information content (AvgIpc) is 3.06. The molecule has 0 unspecified atom stereocenters. The number of nitrogens with zero attached hydrogens (tertiary/aromatic N) is 1. The molecule has 0 aromatic heterocycles. The Morgan fingerprint density at radius 1 is 1.36 bits per heavy atom. The van der Waals surface area contributed by atoms with E-state index >= 15 is 0 Å². The Kier molecular flexibility index (Phi) is 4.32. The predicted octanol–water partition coefficient (Wildman–Crippen LogP) is 2.74. The molecule has 118 valence electrons. The second-order valence-electron chi connectivity index (χ2n) is 5.88. The minimum Gasteiger partial charge on any atom is -0.460 e. The van der Waals surface area contributed by atoms with Crippen LogP contribution in [0, 0.1) is 5.92 Å². The first kappa shape index (κ1) is 14.9. The zero-order chi connectivity index (χ0) is 15.5. The molecule has 2 saturated heterocycles. The smallest absolute Gasteiger partial charge is 0.410 e. The topological polar surface area (TPSA) is 55.8 Å². The Morgan fingerprint density at radius 2 is 2.14 bits per heavy atom. The summed E-state index contributed by atoms with van der Waals surface area (Å²) in [5, 5.41) is 0. The van der Waals surface area contributed by atoms with Gasteiger partial charge in [-0.1, -0.05) is 43.7 Å². The average molecular weight is 303 g/mol. The largest absolute Gasteiger partial charge is 0.460 e. The Labute approximate surface area is 130 Å². The lowest BCUT2D eigenvalue weighted by atomic mass is 9.94. The number of benzene rings is 1. The van der Waals surface area contributed by atoms with Crippen LogP contribution in [-0.2, 0) is 20.9 Å². The summed E-state index contributed by atoms with van der Waals surface area (Å²) < 4.78 is 10.8. The number of ether oxygens (including phenoxy) is 2. The fraction of sp³-hybridized carbons (Fsp3) is 0.529. The fourth-order valence-electron chi connectivity index (χ4n) is 3.38. The molecule has 1 aromatic carbocycles. The predicted molar refractivity (Wildman–Crippen MR) is 80.0 cm³/mol. The minimum atomic E-state index is -0.351. The zero-order valence-corrected chi connectivity index (χ0v) is 12.7. The highest BCUT2D eigenvalue weighted by atomic mass is 16.6. The van der Waals surface area contributed by atoms with Gasteiger partial charge >= 0.3 is 12.1 Å². The third-order valence-electron chi connectivity index (χ3n) is 4.42. The van der Waals surface area contributed by atoms with Gasteiger partial charge in [0.05, 0.1) is 12.0 Å². The number of likely N-dealkylation sites (tertiary alicyclic amines) is 1. The van der Waals surface area contributed by atoms with Crippen molar-refractivity contribution in [2.75, 3.05) is 6.54 Å². The van der Waals surface area contributed by atoms with Crippen molar-refractivity contribution in [3.63, 3.8) is 0 Å². The molecular weight excluding hydrogens is 282 g/mol. The number of carbonyl (C=O) groups is 2. The van der Waals surface area contributed by atoms with E-state index in [0.717, 1.165) is 18.4 Å². The van der Waals surface area contributed by atoms with Crippen LogP contribution in [0.25, 0.3) is 0 Å². The van der Waals surface area contributed by atoms with E-state index in [9.17, 15) is 9.59 Å². The maximum Gasteiger partial charge on any atom is 0.410 e. The molecule has 0 spiro atoms. The van der Waals surface area contributed by atoms with E-state index in [0.29, 0.717) is 13.0 Å². The van der Waals surface area contributed by atoms with E-state index in [2.05, 4.69) is 0 Å². The van der Waals surface area contributed by atoms with Gasteiger partial charge in [0.15, 0.2) is 0 Å². The fourth-order valence-corrected chi connectivity index (χ4v) is 3.38. The van der Waals surface area contributed by atoms with E-state index in [1.165, 1.54) is 0 Å². The quantitative estimate of drug-likeness (QED) is 0.803. The zero-order valence-electron chi connectivity index (χ0n) is 12.7. The molecule has 5 nitrogen and oxygen atoms in total. The molecule has 0 saturated carbocycles. The molecule has 2 heterocycles. The summed E-state index contributed by atoms with van der Waals surface area (Å²) in [6.07, 6.45) is 1.85. The molecule has 0 radical (unpaired) electrons. The Hall–Kier alpha value is -2.04. The molecule has 2 aliphatic heterocycles. The third kappa shape index (κ3) is 2.80. The van der Waals surface area contributed by atoms with Crippen LogP contribution in [0.4, 0.5) is 4.79 Å². The standard InChI is InChI=1S/C17H21NO4/c1-2-6-13-15-14(22-16(13)19)9-10-18(15)17(20)21-11-12-7-4-3-5-8-12/h3-5,7-8,13-15H,2,6,9-11H2,1H3/t13-,14+,15-/m1/s1. The number of amides is 1. The number of rotatable bonds is 4. The lowest BCUT2D eigenvalue weighted by molar-refractivity contribution is -0.144.